The van der Waals surface area contributed by atoms with Crippen LogP contribution in [0.1, 0.15) is 16.1 Å². The molecule has 6 nitrogen and oxygen atoms in total. The van der Waals surface area contributed by atoms with Gasteiger partial charge in [-0.3, -0.25) is 9.59 Å². The number of benzene rings is 1. The highest BCUT2D eigenvalue weighted by atomic mass is 32.1. The van der Waals surface area contributed by atoms with Crippen molar-refractivity contribution in [1.29, 1.82) is 0 Å². The number of amides is 2. The topological polar surface area (TPSA) is 75.4 Å². The predicted molar refractivity (Wildman–Crippen MR) is 96.6 cm³/mol. The summed E-state index contributed by atoms with van der Waals surface area (Å²) in [6, 6.07) is 12.8. The third-order valence-electron chi connectivity index (χ3n) is 3.56. The molecule has 2 amide bonds. The van der Waals surface area contributed by atoms with Crippen molar-refractivity contribution in [2.24, 2.45) is 0 Å². The second kappa shape index (κ2) is 7.31. The standard InChI is InChI=1S/C18H17N3O3S/c1-12-5-7-13(8-6-12)19-17(22)11-21(2)18(23)14-10-15(24-20-14)16-4-3-9-25-16/h3-10H,11H2,1-2H3,(H,19,22). The lowest BCUT2D eigenvalue weighted by molar-refractivity contribution is -0.116. The zero-order chi connectivity index (χ0) is 17.8. The fourth-order valence-corrected chi connectivity index (χ4v) is 2.90. The minimum absolute atomic E-state index is 0.0755. The summed E-state index contributed by atoms with van der Waals surface area (Å²) in [5.41, 5.74) is 1.98. The van der Waals surface area contributed by atoms with Gasteiger partial charge in [0.2, 0.25) is 5.91 Å². The molecule has 0 spiro atoms. The lowest BCUT2D eigenvalue weighted by Crippen LogP contribution is -2.35. The lowest BCUT2D eigenvalue weighted by Gasteiger charge is -2.15. The molecule has 0 aliphatic rings. The second-order valence-electron chi connectivity index (χ2n) is 5.63. The highest BCUT2D eigenvalue weighted by molar-refractivity contribution is 7.13. The number of carbonyl (C=O) groups is 2. The molecule has 0 saturated heterocycles. The molecule has 0 bridgehead atoms. The average molecular weight is 355 g/mol. The first-order valence-corrected chi connectivity index (χ1v) is 8.53. The van der Waals surface area contributed by atoms with Crippen molar-refractivity contribution < 1.29 is 14.1 Å². The molecule has 0 atom stereocenters. The van der Waals surface area contributed by atoms with Crippen LogP contribution in [0.15, 0.2) is 52.4 Å². The van der Waals surface area contributed by atoms with Crippen LogP contribution in [0.25, 0.3) is 10.6 Å². The van der Waals surface area contributed by atoms with Gasteiger partial charge in [0.1, 0.15) is 0 Å². The van der Waals surface area contributed by atoms with Crippen molar-refractivity contribution in [3.05, 3.63) is 59.1 Å². The number of nitrogens with one attached hydrogen (secondary N) is 1. The number of thiophene rings is 1. The van der Waals surface area contributed by atoms with Crippen LogP contribution in [-0.2, 0) is 4.79 Å². The molecule has 1 N–H and O–H groups in total. The maximum Gasteiger partial charge on any atom is 0.276 e. The van der Waals surface area contributed by atoms with E-state index in [1.807, 2.05) is 48.7 Å². The second-order valence-corrected chi connectivity index (χ2v) is 6.58. The highest BCUT2D eigenvalue weighted by Crippen LogP contribution is 2.25. The molecule has 2 aromatic heterocycles. The van der Waals surface area contributed by atoms with E-state index in [4.69, 9.17) is 4.52 Å². The Labute approximate surface area is 149 Å². The number of aryl methyl sites for hydroxylation is 1. The van der Waals surface area contributed by atoms with Crippen LogP contribution < -0.4 is 5.32 Å². The smallest absolute Gasteiger partial charge is 0.276 e. The summed E-state index contributed by atoms with van der Waals surface area (Å²) in [5, 5.41) is 8.48. The Balaban J connectivity index is 1.60. The van der Waals surface area contributed by atoms with Gasteiger partial charge in [-0.1, -0.05) is 28.9 Å². The van der Waals surface area contributed by atoms with Crippen molar-refractivity contribution in [2.75, 3.05) is 18.9 Å². The van der Waals surface area contributed by atoms with Gasteiger partial charge in [0, 0.05) is 18.8 Å². The molecule has 25 heavy (non-hydrogen) atoms. The third kappa shape index (κ3) is 4.13. The zero-order valence-electron chi connectivity index (χ0n) is 13.9. The molecule has 0 aliphatic heterocycles. The maximum absolute atomic E-state index is 12.4. The molecular weight excluding hydrogens is 338 g/mol. The van der Waals surface area contributed by atoms with E-state index in [-0.39, 0.29) is 24.1 Å². The Morgan fingerprint density at radius 2 is 2.00 bits per heavy atom. The van der Waals surface area contributed by atoms with Crippen molar-refractivity contribution in [1.82, 2.24) is 10.1 Å². The van der Waals surface area contributed by atoms with Gasteiger partial charge in [0.25, 0.3) is 5.91 Å². The normalized spacial score (nSPS) is 10.5. The molecule has 2 heterocycles. The maximum atomic E-state index is 12.4. The highest BCUT2D eigenvalue weighted by Gasteiger charge is 2.20. The summed E-state index contributed by atoms with van der Waals surface area (Å²) in [7, 11) is 1.55. The van der Waals surface area contributed by atoms with Gasteiger partial charge >= 0.3 is 0 Å². The number of likely N-dealkylation sites (N-methyl/N-ethyl adjacent to an activating group) is 1. The summed E-state index contributed by atoms with van der Waals surface area (Å²) in [6.07, 6.45) is 0. The molecule has 3 rings (SSSR count). The molecular formula is C18H17N3O3S. The van der Waals surface area contributed by atoms with E-state index < -0.39 is 0 Å². The van der Waals surface area contributed by atoms with Gasteiger partial charge in [-0.25, -0.2) is 0 Å². The predicted octanol–water partition coefficient (Wildman–Crippen LogP) is 3.42. The number of nitrogens with zero attached hydrogens (tertiary/aromatic N) is 2. The summed E-state index contributed by atoms with van der Waals surface area (Å²) >= 11 is 1.50. The molecule has 1 aromatic carbocycles. The average Bonchev–Trinajstić information content (AvgIpc) is 3.27. The monoisotopic (exact) mass is 355 g/mol. The van der Waals surface area contributed by atoms with E-state index >= 15 is 0 Å². The number of carbonyl (C=O) groups excluding carboxylic acids is 2. The van der Waals surface area contributed by atoms with E-state index in [1.165, 1.54) is 16.2 Å². The molecule has 0 saturated carbocycles. The summed E-state index contributed by atoms with van der Waals surface area (Å²) in [4.78, 5) is 26.7. The van der Waals surface area contributed by atoms with Gasteiger partial charge in [-0.05, 0) is 30.5 Å². The number of aromatic nitrogens is 1. The molecule has 0 radical (unpaired) electrons. The number of rotatable bonds is 5. The van der Waals surface area contributed by atoms with Crippen LogP contribution in [-0.4, -0.2) is 35.5 Å². The largest absolute Gasteiger partial charge is 0.355 e. The van der Waals surface area contributed by atoms with Crippen molar-refractivity contribution in [2.45, 2.75) is 6.92 Å². The van der Waals surface area contributed by atoms with Crippen LogP contribution in [0.4, 0.5) is 5.69 Å². The molecule has 0 aliphatic carbocycles. The Hall–Kier alpha value is -2.93. The van der Waals surface area contributed by atoms with Crippen LogP contribution >= 0.6 is 11.3 Å². The molecule has 0 fully saturated rings. The van der Waals surface area contributed by atoms with Gasteiger partial charge in [-0.15, -0.1) is 11.3 Å². The van der Waals surface area contributed by atoms with Gasteiger partial charge in [0.05, 0.1) is 11.4 Å². The Morgan fingerprint density at radius 1 is 1.24 bits per heavy atom. The fraction of sp³-hybridized carbons (Fsp3) is 0.167. The molecule has 7 heteroatoms. The van der Waals surface area contributed by atoms with Crippen LogP contribution in [0.5, 0.6) is 0 Å². The van der Waals surface area contributed by atoms with E-state index in [2.05, 4.69) is 10.5 Å². The Kier molecular flexibility index (Phi) is 4.95. The Morgan fingerprint density at radius 3 is 2.68 bits per heavy atom. The zero-order valence-corrected chi connectivity index (χ0v) is 14.7. The SMILES string of the molecule is Cc1ccc(NC(=O)CN(C)C(=O)c2cc(-c3cccs3)on2)cc1. The van der Waals surface area contributed by atoms with E-state index in [0.717, 1.165) is 10.4 Å². The summed E-state index contributed by atoms with van der Waals surface area (Å²) in [5.74, 6) is -0.108. The Bertz CT molecular complexity index is 869. The first kappa shape index (κ1) is 16.9. The van der Waals surface area contributed by atoms with E-state index in [0.29, 0.717) is 11.4 Å². The number of anilines is 1. The molecule has 128 valence electrons. The number of hydrogen-bond donors (Lipinski definition) is 1. The van der Waals surface area contributed by atoms with Crippen LogP contribution in [0.3, 0.4) is 0 Å². The summed E-state index contributed by atoms with van der Waals surface area (Å²) in [6.45, 7) is 1.90. The third-order valence-corrected chi connectivity index (χ3v) is 4.44. The van der Waals surface area contributed by atoms with E-state index in [9.17, 15) is 9.59 Å². The van der Waals surface area contributed by atoms with Crippen molar-refractivity contribution in [3.8, 4) is 10.6 Å². The number of hydrogen-bond acceptors (Lipinski definition) is 5. The van der Waals surface area contributed by atoms with Crippen molar-refractivity contribution in [3.63, 3.8) is 0 Å². The fourth-order valence-electron chi connectivity index (χ4n) is 2.23. The van der Waals surface area contributed by atoms with E-state index in [1.54, 1.807) is 13.1 Å². The summed E-state index contributed by atoms with van der Waals surface area (Å²) < 4.78 is 5.20. The molecule has 3 aromatic rings. The van der Waals surface area contributed by atoms with Crippen LogP contribution in [0, 0.1) is 6.92 Å². The first-order chi connectivity index (χ1) is 12.0. The van der Waals surface area contributed by atoms with Crippen LogP contribution in [0.2, 0.25) is 0 Å². The quantitative estimate of drug-likeness (QED) is 0.761. The minimum atomic E-state index is -0.370. The minimum Gasteiger partial charge on any atom is -0.355 e. The first-order valence-electron chi connectivity index (χ1n) is 7.65. The van der Waals surface area contributed by atoms with Gasteiger partial charge in [-0.2, -0.15) is 0 Å². The van der Waals surface area contributed by atoms with Gasteiger partial charge in [0.15, 0.2) is 11.5 Å². The lowest BCUT2D eigenvalue weighted by atomic mass is 10.2. The molecule has 0 unspecified atom stereocenters. The van der Waals surface area contributed by atoms with Crippen molar-refractivity contribution >= 4 is 28.8 Å². The van der Waals surface area contributed by atoms with Gasteiger partial charge < -0.3 is 14.7 Å².